The van der Waals surface area contributed by atoms with Gasteiger partial charge in [-0.25, -0.2) is 0 Å². The van der Waals surface area contributed by atoms with Gasteiger partial charge < -0.3 is 20.6 Å². The van der Waals surface area contributed by atoms with E-state index in [1.165, 1.54) is 17.9 Å². The van der Waals surface area contributed by atoms with Gasteiger partial charge in [0.1, 0.15) is 17.8 Å². The molecule has 4 aromatic rings. The molecule has 0 saturated carbocycles. The van der Waals surface area contributed by atoms with Gasteiger partial charge in [0.25, 0.3) is 0 Å². The second-order valence-electron chi connectivity index (χ2n) is 15.9. The largest absolute Gasteiger partial charge is 0.507 e. The number of nitrogens with zero attached hydrogens (tertiary/aromatic N) is 1. The smallest absolute Gasteiger partial charge is 0.243 e. The second kappa shape index (κ2) is 19.9. The van der Waals surface area contributed by atoms with Crippen LogP contribution in [0.5, 0.6) is 5.75 Å². The normalized spacial score (nSPS) is 17.8. The third-order valence-electron chi connectivity index (χ3n) is 11.3. The molecule has 0 spiro atoms. The highest BCUT2D eigenvalue weighted by molar-refractivity contribution is 6.30. The van der Waals surface area contributed by atoms with Crippen LogP contribution in [0.2, 0.25) is 5.02 Å². The van der Waals surface area contributed by atoms with Crippen LogP contribution in [-0.4, -0.2) is 64.2 Å². The van der Waals surface area contributed by atoms with E-state index < -0.39 is 47.6 Å². The molecule has 3 N–H and O–H groups in total. The lowest BCUT2D eigenvalue weighted by atomic mass is 9.87. The van der Waals surface area contributed by atoms with Gasteiger partial charge >= 0.3 is 0 Å². The minimum absolute atomic E-state index is 0.0439. The summed E-state index contributed by atoms with van der Waals surface area (Å²) in [6, 6.07) is 21.9. The van der Waals surface area contributed by atoms with Crippen molar-refractivity contribution in [1.29, 1.82) is 0 Å². The Morgan fingerprint density at radius 3 is 2.20 bits per heavy atom. The standard InChI is InChI=1S/C48H54ClN3O7/c1-7-8-9-10-37(27-43(55)35-15-13-33(14-16-35)34-17-20-38(49)21-18-34)48(59)52(6)45-36-19-22-42(54)40(26-36)39-24-32(12-11-28(39)2)25-41(47(58)50-30(4)31(5)53)51-46(57)29(3)23-44(45)56/h11-22,24,26,29-30,37,41,45,54H,7-10,23,25,27H2,1-6H3,(H,50,58)(H,51,57)/t29-,30+,37-,41+,45+/m1/s1. The summed E-state index contributed by atoms with van der Waals surface area (Å²) >= 11 is 6.06. The molecule has 0 radical (unpaired) electrons. The zero-order valence-electron chi connectivity index (χ0n) is 34.6. The molecule has 3 amide bonds. The molecule has 5 rings (SSSR count). The van der Waals surface area contributed by atoms with Gasteiger partial charge in [0, 0.05) is 54.3 Å². The van der Waals surface area contributed by atoms with E-state index in [4.69, 9.17) is 11.6 Å². The first kappa shape index (κ1) is 44.5. The molecule has 1 aliphatic rings. The van der Waals surface area contributed by atoms with Crippen molar-refractivity contribution in [3.05, 3.63) is 112 Å². The van der Waals surface area contributed by atoms with Gasteiger partial charge in [0.05, 0.1) is 6.04 Å². The Kier molecular flexibility index (Phi) is 15.0. The van der Waals surface area contributed by atoms with Crippen molar-refractivity contribution in [3.8, 4) is 28.0 Å². The Morgan fingerprint density at radius 1 is 0.898 bits per heavy atom. The molecular formula is C48H54ClN3O7. The van der Waals surface area contributed by atoms with Crippen molar-refractivity contribution in [2.45, 2.75) is 97.7 Å². The monoisotopic (exact) mass is 819 g/mol. The van der Waals surface area contributed by atoms with Crippen molar-refractivity contribution in [3.63, 3.8) is 0 Å². The van der Waals surface area contributed by atoms with Crippen molar-refractivity contribution in [1.82, 2.24) is 15.5 Å². The van der Waals surface area contributed by atoms with E-state index in [1.807, 2.05) is 49.4 Å². The van der Waals surface area contributed by atoms with Gasteiger partial charge in [-0.3, -0.25) is 28.8 Å². The lowest BCUT2D eigenvalue weighted by molar-refractivity contribution is -0.142. The van der Waals surface area contributed by atoms with E-state index in [2.05, 4.69) is 17.6 Å². The average Bonchev–Trinajstić information content (AvgIpc) is 3.21. The number of carbonyl (C=O) groups is 6. The summed E-state index contributed by atoms with van der Waals surface area (Å²) in [7, 11) is 1.55. The lowest BCUT2D eigenvalue weighted by Gasteiger charge is -2.32. The number of benzene rings is 4. The highest BCUT2D eigenvalue weighted by Crippen LogP contribution is 2.37. The molecule has 5 atom stereocenters. The Balaban J connectivity index is 1.50. The number of hydrogen-bond donors (Lipinski definition) is 3. The summed E-state index contributed by atoms with van der Waals surface area (Å²) in [4.78, 5) is 83.6. The molecule has 11 heteroatoms. The van der Waals surface area contributed by atoms with Crippen molar-refractivity contribution < 1.29 is 33.9 Å². The minimum atomic E-state index is -1.17. The topological polar surface area (TPSA) is 150 Å². The number of nitrogens with one attached hydrogen (secondary N) is 2. The van der Waals surface area contributed by atoms with Crippen LogP contribution in [0, 0.1) is 18.8 Å². The molecule has 0 aliphatic carbocycles. The molecule has 4 bridgehead atoms. The molecule has 10 nitrogen and oxygen atoms in total. The van der Waals surface area contributed by atoms with Gasteiger partial charge in [-0.2, -0.15) is 0 Å². The fourth-order valence-electron chi connectivity index (χ4n) is 7.53. The first-order chi connectivity index (χ1) is 28.1. The van der Waals surface area contributed by atoms with E-state index in [-0.39, 0.29) is 42.5 Å². The first-order valence-electron chi connectivity index (χ1n) is 20.3. The number of rotatable bonds is 13. The Hall–Kier alpha value is -5.61. The van der Waals surface area contributed by atoms with E-state index in [0.717, 1.165) is 29.5 Å². The zero-order valence-corrected chi connectivity index (χ0v) is 35.4. The molecule has 0 fully saturated rings. The molecule has 0 aromatic heterocycles. The Bertz CT molecular complexity index is 2200. The predicted octanol–water partition coefficient (Wildman–Crippen LogP) is 8.39. The number of halogens is 1. The number of hydrogen-bond acceptors (Lipinski definition) is 7. The fourth-order valence-corrected chi connectivity index (χ4v) is 7.66. The van der Waals surface area contributed by atoms with Gasteiger partial charge in [0.15, 0.2) is 17.3 Å². The van der Waals surface area contributed by atoms with Crippen LogP contribution in [0.1, 0.15) is 99.3 Å². The van der Waals surface area contributed by atoms with Gasteiger partial charge in [-0.1, -0.05) is 105 Å². The number of phenolic OH excluding ortho intramolecular Hbond substituents is 1. The zero-order chi connectivity index (χ0) is 43.0. The maximum Gasteiger partial charge on any atom is 0.243 e. The van der Waals surface area contributed by atoms with E-state index >= 15 is 0 Å². The van der Waals surface area contributed by atoms with E-state index in [1.54, 1.807) is 57.3 Å². The molecule has 1 heterocycles. The summed E-state index contributed by atoms with van der Waals surface area (Å²) in [6.07, 6.45) is 2.66. The number of aryl methyl sites for hydroxylation is 1. The number of ketones is 3. The van der Waals surface area contributed by atoms with Crippen LogP contribution in [-0.2, 0) is 30.4 Å². The first-order valence-corrected chi connectivity index (χ1v) is 20.7. The number of aromatic hydroxyl groups is 1. The molecule has 1 aliphatic heterocycles. The number of phenols is 1. The maximum atomic E-state index is 14.7. The quantitative estimate of drug-likeness (QED) is 0.0906. The van der Waals surface area contributed by atoms with Crippen molar-refractivity contribution in [2.75, 3.05) is 7.05 Å². The summed E-state index contributed by atoms with van der Waals surface area (Å²) in [5.74, 6) is -4.02. The van der Waals surface area contributed by atoms with Crippen molar-refractivity contribution >= 4 is 46.7 Å². The SMILES string of the molecule is CCCCC[C@H](CC(=O)c1ccc(-c2ccc(Cl)cc2)cc1)C(=O)N(C)[C@@H]1C(=O)C[C@@H](C)C(=O)N[C@H](C(=O)N[C@@H](C)C(C)=O)Cc2ccc(C)c(c2)-c2cc1ccc2O. The predicted molar refractivity (Wildman–Crippen MR) is 230 cm³/mol. The second-order valence-corrected chi connectivity index (χ2v) is 16.3. The van der Waals surface area contributed by atoms with Gasteiger partial charge in [-0.05, 0) is 84.8 Å². The molecule has 310 valence electrons. The third kappa shape index (κ3) is 11.1. The van der Waals surface area contributed by atoms with Crippen LogP contribution in [0.25, 0.3) is 22.3 Å². The van der Waals surface area contributed by atoms with Crippen LogP contribution in [0.15, 0.2) is 84.9 Å². The highest BCUT2D eigenvalue weighted by atomic mass is 35.5. The molecule has 59 heavy (non-hydrogen) atoms. The van der Waals surface area contributed by atoms with Gasteiger partial charge in [0.2, 0.25) is 17.7 Å². The number of unbranched alkanes of at least 4 members (excludes halogenated alkanes) is 2. The Labute approximate surface area is 351 Å². The van der Waals surface area contributed by atoms with Crippen LogP contribution < -0.4 is 10.6 Å². The minimum Gasteiger partial charge on any atom is -0.507 e. The molecule has 0 saturated heterocycles. The van der Waals surface area contributed by atoms with E-state index in [9.17, 15) is 33.9 Å². The summed E-state index contributed by atoms with van der Waals surface area (Å²) in [6.45, 7) is 8.44. The average molecular weight is 820 g/mol. The highest BCUT2D eigenvalue weighted by Gasteiger charge is 2.36. The maximum absolute atomic E-state index is 14.7. The molecule has 4 aromatic carbocycles. The van der Waals surface area contributed by atoms with Crippen molar-refractivity contribution in [2.24, 2.45) is 11.8 Å². The summed E-state index contributed by atoms with van der Waals surface area (Å²) in [5, 5.41) is 17.3. The summed E-state index contributed by atoms with van der Waals surface area (Å²) < 4.78 is 0. The number of carbonyl (C=O) groups excluding carboxylic acids is 6. The van der Waals surface area contributed by atoms with Gasteiger partial charge in [-0.15, -0.1) is 0 Å². The molecule has 0 unspecified atom stereocenters. The number of amides is 3. The van der Waals surface area contributed by atoms with Crippen LogP contribution >= 0.6 is 11.6 Å². The van der Waals surface area contributed by atoms with E-state index in [0.29, 0.717) is 45.7 Å². The number of Topliss-reactive ketones (excluding diaryl/α,β-unsaturated/α-hetero) is 3. The summed E-state index contributed by atoms with van der Waals surface area (Å²) in [5.41, 5.74) is 5.34. The van der Waals surface area contributed by atoms with Crippen LogP contribution in [0.3, 0.4) is 0 Å². The Morgan fingerprint density at radius 2 is 1.56 bits per heavy atom. The molecular weight excluding hydrogens is 766 g/mol. The number of likely N-dealkylation sites (N-methyl/N-ethyl adjacent to an activating group) is 1. The third-order valence-corrected chi connectivity index (χ3v) is 11.5. The fraction of sp³-hybridized carbons (Fsp3) is 0.375. The lowest BCUT2D eigenvalue weighted by Crippen LogP contribution is -2.52. The number of fused-ring (bicyclic) bond motifs is 5. The van der Waals surface area contributed by atoms with Crippen LogP contribution in [0.4, 0.5) is 0 Å².